The summed E-state index contributed by atoms with van der Waals surface area (Å²) in [5.74, 6) is -0.315. The van der Waals surface area contributed by atoms with E-state index in [0.29, 0.717) is 22.9 Å². The molecule has 0 spiro atoms. The topological polar surface area (TPSA) is 83.6 Å². The van der Waals surface area contributed by atoms with Crippen LogP contribution in [0.15, 0.2) is 60.0 Å². The van der Waals surface area contributed by atoms with E-state index in [2.05, 4.69) is 32.7 Å². The molecule has 0 unspecified atom stereocenters. The Morgan fingerprint density at radius 2 is 1.72 bits per heavy atom. The van der Waals surface area contributed by atoms with Crippen molar-refractivity contribution in [2.75, 3.05) is 31.6 Å². The van der Waals surface area contributed by atoms with Gasteiger partial charge in [0.1, 0.15) is 0 Å². The molecule has 2 aromatic carbocycles. The van der Waals surface area contributed by atoms with Gasteiger partial charge in [0.15, 0.2) is 5.13 Å². The predicted molar refractivity (Wildman–Crippen MR) is 125 cm³/mol. The quantitative estimate of drug-likeness (QED) is 0.551. The third-order valence-corrected chi connectivity index (χ3v) is 6.05. The summed E-state index contributed by atoms with van der Waals surface area (Å²) in [4.78, 5) is 31.5. The van der Waals surface area contributed by atoms with Crippen molar-refractivity contribution in [1.29, 1.82) is 0 Å². The molecule has 4 rings (SSSR count). The fraction of sp³-hybridized carbons (Fsp3) is 0.292. The highest BCUT2D eigenvalue weighted by Crippen LogP contribution is 2.17. The summed E-state index contributed by atoms with van der Waals surface area (Å²) in [7, 11) is 0. The number of ether oxygens (including phenoxy) is 1. The Kier molecular flexibility index (Phi) is 7.60. The van der Waals surface area contributed by atoms with Crippen LogP contribution in [0, 0.1) is 0 Å². The minimum atomic E-state index is -0.215. The maximum Gasteiger partial charge on any atom is 0.257 e. The standard InChI is InChI=1S/C24H26N4O3S/c29-22(14-21-17-32-24(26-21)27-23(30)18-6-2-1-3-7-18)25-15-19-8-4-5-9-20(19)16-28-10-12-31-13-11-28/h1-9,17H,10-16H2,(H,25,29)(H,26,27,30). The first-order chi connectivity index (χ1) is 15.7. The molecule has 2 amide bonds. The van der Waals surface area contributed by atoms with Crippen molar-refractivity contribution in [3.63, 3.8) is 0 Å². The van der Waals surface area contributed by atoms with Gasteiger partial charge in [-0.1, -0.05) is 42.5 Å². The summed E-state index contributed by atoms with van der Waals surface area (Å²) in [6.07, 6.45) is 0.170. The van der Waals surface area contributed by atoms with E-state index in [1.807, 2.05) is 30.3 Å². The molecule has 0 bridgehead atoms. The zero-order chi connectivity index (χ0) is 22.2. The average Bonchev–Trinajstić information content (AvgIpc) is 3.26. The van der Waals surface area contributed by atoms with Gasteiger partial charge in [-0.2, -0.15) is 0 Å². The number of nitrogens with one attached hydrogen (secondary N) is 2. The molecule has 1 saturated heterocycles. The number of amides is 2. The van der Waals surface area contributed by atoms with Gasteiger partial charge in [0.05, 0.1) is 25.3 Å². The average molecular weight is 451 g/mol. The van der Waals surface area contributed by atoms with Gasteiger partial charge in [-0.25, -0.2) is 4.98 Å². The summed E-state index contributed by atoms with van der Waals surface area (Å²) < 4.78 is 5.42. The third kappa shape index (κ3) is 6.23. The van der Waals surface area contributed by atoms with Crippen LogP contribution < -0.4 is 10.6 Å². The van der Waals surface area contributed by atoms with Crippen molar-refractivity contribution in [2.24, 2.45) is 0 Å². The SMILES string of the molecule is O=C(Cc1csc(NC(=O)c2ccccc2)n1)NCc1ccccc1CN1CCOCC1. The number of carbonyl (C=O) groups excluding carboxylic acids is 2. The van der Waals surface area contributed by atoms with Crippen molar-refractivity contribution in [2.45, 2.75) is 19.5 Å². The van der Waals surface area contributed by atoms with Crippen molar-refractivity contribution in [3.8, 4) is 0 Å². The van der Waals surface area contributed by atoms with E-state index >= 15 is 0 Å². The molecule has 1 aliphatic heterocycles. The van der Waals surface area contributed by atoms with Gasteiger partial charge in [0, 0.05) is 37.1 Å². The zero-order valence-corrected chi connectivity index (χ0v) is 18.6. The highest BCUT2D eigenvalue weighted by Gasteiger charge is 2.14. The van der Waals surface area contributed by atoms with Gasteiger partial charge < -0.3 is 10.1 Å². The summed E-state index contributed by atoms with van der Waals surface area (Å²) in [6, 6.07) is 17.2. The number of thiazole rings is 1. The molecule has 166 valence electrons. The van der Waals surface area contributed by atoms with E-state index in [4.69, 9.17) is 4.74 Å². The molecule has 1 aromatic heterocycles. The Morgan fingerprint density at radius 1 is 1.00 bits per heavy atom. The Morgan fingerprint density at radius 3 is 2.50 bits per heavy atom. The number of hydrogen-bond acceptors (Lipinski definition) is 6. The van der Waals surface area contributed by atoms with Crippen molar-refractivity contribution in [3.05, 3.63) is 82.4 Å². The molecule has 2 N–H and O–H groups in total. The van der Waals surface area contributed by atoms with Crippen LogP contribution in [0.2, 0.25) is 0 Å². The van der Waals surface area contributed by atoms with E-state index in [1.165, 1.54) is 16.9 Å². The third-order valence-electron chi connectivity index (χ3n) is 5.24. The van der Waals surface area contributed by atoms with Gasteiger partial charge in [0.2, 0.25) is 5.91 Å². The summed E-state index contributed by atoms with van der Waals surface area (Å²) in [5.41, 5.74) is 3.53. The van der Waals surface area contributed by atoms with Crippen LogP contribution in [0.25, 0.3) is 0 Å². The maximum absolute atomic E-state index is 12.5. The van der Waals surface area contributed by atoms with E-state index in [1.54, 1.807) is 17.5 Å². The van der Waals surface area contributed by atoms with Crippen LogP contribution >= 0.6 is 11.3 Å². The zero-order valence-electron chi connectivity index (χ0n) is 17.8. The highest BCUT2D eigenvalue weighted by molar-refractivity contribution is 7.14. The second-order valence-corrected chi connectivity index (χ2v) is 8.43. The fourth-order valence-corrected chi connectivity index (χ4v) is 4.21. The van der Waals surface area contributed by atoms with Crippen molar-refractivity contribution >= 4 is 28.3 Å². The van der Waals surface area contributed by atoms with Crippen LogP contribution in [-0.4, -0.2) is 48.0 Å². The number of carbonyl (C=O) groups is 2. The maximum atomic E-state index is 12.5. The van der Waals surface area contributed by atoms with E-state index < -0.39 is 0 Å². The predicted octanol–water partition coefficient (Wildman–Crippen LogP) is 3.09. The van der Waals surface area contributed by atoms with Crippen LogP contribution in [-0.2, 0) is 29.0 Å². The minimum absolute atomic E-state index is 0.0996. The number of rotatable bonds is 8. The summed E-state index contributed by atoms with van der Waals surface area (Å²) >= 11 is 1.31. The number of benzene rings is 2. The van der Waals surface area contributed by atoms with E-state index in [0.717, 1.165) is 38.4 Å². The fourth-order valence-electron chi connectivity index (χ4n) is 3.51. The monoisotopic (exact) mass is 450 g/mol. The smallest absolute Gasteiger partial charge is 0.257 e. The van der Waals surface area contributed by atoms with E-state index in [9.17, 15) is 9.59 Å². The van der Waals surface area contributed by atoms with Crippen LogP contribution in [0.5, 0.6) is 0 Å². The van der Waals surface area contributed by atoms with Gasteiger partial charge in [-0.05, 0) is 23.3 Å². The van der Waals surface area contributed by atoms with Crippen LogP contribution in [0.1, 0.15) is 27.2 Å². The number of hydrogen-bond donors (Lipinski definition) is 2. The Bertz CT molecular complexity index is 1050. The molecule has 2 heterocycles. The largest absolute Gasteiger partial charge is 0.379 e. The Balaban J connectivity index is 1.28. The first-order valence-electron chi connectivity index (χ1n) is 10.6. The molecule has 0 aliphatic carbocycles. The molecule has 3 aromatic rings. The number of morpholine rings is 1. The molecular formula is C24H26N4O3S. The molecule has 1 aliphatic rings. The molecule has 0 atom stereocenters. The molecule has 8 heteroatoms. The lowest BCUT2D eigenvalue weighted by Gasteiger charge is -2.27. The van der Waals surface area contributed by atoms with Crippen molar-refractivity contribution in [1.82, 2.24) is 15.2 Å². The Hall–Kier alpha value is -3.07. The number of aromatic nitrogens is 1. The molecule has 0 saturated carbocycles. The molecular weight excluding hydrogens is 424 g/mol. The molecule has 0 radical (unpaired) electrons. The Labute approximate surface area is 191 Å². The van der Waals surface area contributed by atoms with E-state index in [-0.39, 0.29) is 18.2 Å². The van der Waals surface area contributed by atoms with Gasteiger partial charge in [0.25, 0.3) is 5.91 Å². The normalized spacial score (nSPS) is 14.1. The van der Waals surface area contributed by atoms with Crippen molar-refractivity contribution < 1.29 is 14.3 Å². The van der Waals surface area contributed by atoms with Crippen LogP contribution in [0.4, 0.5) is 5.13 Å². The van der Waals surface area contributed by atoms with Gasteiger partial charge in [-0.3, -0.25) is 19.8 Å². The summed E-state index contributed by atoms with van der Waals surface area (Å²) in [6.45, 7) is 4.70. The lowest BCUT2D eigenvalue weighted by molar-refractivity contribution is -0.120. The van der Waals surface area contributed by atoms with Crippen LogP contribution in [0.3, 0.4) is 0 Å². The second-order valence-electron chi connectivity index (χ2n) is 7.57. The minimum Gasteiger partial charge on any atom is -0.379 e. The second kappa shape index (κ2) is 11.0. The molecule has 32 heavy (non-hydrogen) atoms. The lowest BCUT2D eigenvalue weighted by atomic mass is 10.1. The van der Waals surface area contributed by atoms with Gasteiger partial charge in [-0.15, -0.1) is 11.3 Å². The molecule has 7 nitrogen and oxygen atoms in total. The first kappa shape index (κ1) is 22.1. The van der Waals surface area contributed by atoms with Gasteiger partial charge >= 0.3 is 0 Å². The number of nitrogens with zero attached hydrogens (tertiary/aromatic N) is 2. The highest BCUT2D eigenvalue weighted by atomic mass is 32.1. The summed E-state index contributed by atoms with van der Waals surface area (Å²) in [5, 5.41) is 8.06. The lowest BCUT2D eigenvalue weighted by Crippen LogP contribution is -2.36. The first-order valence-corrected chi connectivity index (χ1v) is 11.5. The molecule has 1 fully saturated rings. The number of anilines is 1.